The van der Waals surface area contributed by atoms with E-state index in [0.29, 0.717) is 42.2 Å². The van der Waals surface area contributed by atoms with Crippen molar-refractivity contribution in [2.75, 3.05) is 13.1 Å². The molecule has 5 heterocycles. The van der Waals surface area contributed by atoms with Crippen LogP contribution in [0.4, 0.5) is 0 Å². The highest BCUT2D eigenvalue weighted by atomic mass is 35.5. The topological polar surface area (TPSA) is 99.9 Å². The summed E-state index contributed by atoms with van der Waals surface area (Å²) in [4.78, 5) is 23.1. The van der Waals surface area contributed by atoms with E-state index in [0.717, 1.165) is 21.5 Å². The number of hydrogen-bond acceptors (Lipinski definition) is 7. The Hall–Kier alpha value is -2.75. The first-order valence-corrected chi connectivity index (χ1v) is 10.4. The molecule has 0 radical (unpaired) electrons. The number of halogens is 1. The molecule has 1 amide bonds. The number of hydrogen-bond donors (Lipinski definition) is 2. The summed E-state index contributed by atoms with van der Waals surface area (Å²) in [5.41, 5.74) is 2.00. The first kappa shape index (κ1) is 18.3. The predicted octanol–water partition coefficient (Wildman–Crippen LogP) is 2.87. The van der Waals surface area contributed by atoms with Crippen molar-refractivity contribution in [1.82, 2.24) is 30.4 Å². The molecule has 0 aliphatic carbocycles. The molecule has 1 unspecified atom stereocenters. The number of piperazine rings is 1. The number of carbonyl (C=O) groups is 1. The maximum absolute atomic E-state index is 13.0. The summed E-state index contributed by atoms with van der Waals surface area (Å²) in [5, 5.41) is 12.5. The molecule has 1 atom stereocenters. The van der Waals surface area contributed by atoms with Crippen LogP contribution in [0.25, 0.3) is 21.7 Å². The van der Waals surface area contributed by atoms with Crippen molar-refractivity contribution in [2.24, 2.45) is 0 Å². The fourth-order valence-electron chi connectivity index (χ4n) is 3.47. The molecule has 0 spiro atoms. The van der Waals surface area contributed by atoms with E-state index < -0.39 is 6.04 Å². The number of amides is 1. The van der Waals surface area contributed by atoms with Gasteiger partial charge in [-0.2, -0.15) is 0 Å². The van der Waals surface area contributed by atoms with Crippen molar-refractivity contribution in [3.63, 3.8) is 0 Å². The monoisotopic (exact) mass is 428 g/mol. The van der Waals surface area contributed by atoms with E-state index in [1.54, 1.807) is 12.3 Å². The van der Waals surface area contributed by atoms with Gasteiger partial charge in [0.2, 0.25) is 11.8 Å². The average molecular weight is 429 g/mol. The Morgan fingerprint density at radius 2 is 2.24 bits per heavy atom. The predicted molar refractivity (Wildman–Crippen MR) is 110 cm³/mol. The first-order chi connectivity index (χ1) is 14.2. The standard InChI is InChI=1S/C19H17ClN6O2S/c20-16-2-1-15(29-16)18-25-24-17(28-18)8-14-19(27)26(6-5-22-14)10-12-7-11-9-21-4-3-13(11)23-12/h1-4,7,9,14,22-23H,5-6,8,10H2. The average Bonchev–Trinajstić information content (AvgIpc) is 3.44. The van der Waals surface area contributed by atoms with Gasteiger partial charge in [-0.1, -0.05) is 11.6 Å². The van der Waals surface area contributed by atoms with Gasteiger partial charge in [0.05, 0.1) is 28.2 Å². The zero-order valence-electron chi connectivity index (χ0n) is 15.3. The second-order valence-electron chi connectivity index (χ2n) is 6.83. The van der Waals surface area contributed by atoms with Crippen LogP contribution >= 0.6 is 22.9 Å². The Bertz CT molecular complexity index is 1140. The lowest BCUT2D eigenvalue weighted by atomic mass is 10.1. The van der Waals surface area contributed by atoms with Crippen molar-refractivity contribution >= 4 is 39.7 Å². The minimum absolute atomic E-state index is 0.0203. The van der Waals surface area contributed by atoms with E-state index in [1.165, 1.54) is 11.3 Å². The molecule has 0 aromatic carbocycles. The van der Waals surface area contributed by atoms with Crippen LogP contribution in [0.3, 0.4) is 0 Å². The highest BCUT2D eigenvalue weighted by Gasteiger charge is 2.30. The van der Waals surface area contributed by atoms with Gasteiger partial charge in [0.1, 0.15) is 0 Å². The van der Waals surface area contributed by atoms with Gasteiger partial charge < -0.3 is 19.6 Å². The maximum atomic E-state index is 13.0. The minimum atomic E-state index is -0.394. The van der Waals surface area contributed by atoms with E-state index in [1.807, 2.05) is 29.3 Å². The van der Waals surface area contributed by atoms with Crippen molar-refractivity contribution in [3.05, 3.63) is 52.6 Å². The van der Waals surface area contributed by atoms with Gasteiger partial charge in [-0.3, -0.25) is 9.78 Å². The summed E-state index contributed by atoms with van der Waals surface area (Å²) in [6.45, 7) is 1.87. The van der Waals surface area contributed by atoms with Gasteiger partial charge in [-0.15, -0.1) is 21.5 Å². The SMILES string of the molecule is O=C1C(Cc2nnc(-c3ccc(Cl)s3)o2)NCCN1Cc1cc2cnccc2[nH]1. The smallest absolute Gasteiger partial charge is 0.257 e. The number of H-pyrrole nitrogens is 1. The largest absolute Gasteiger partial charge is 0.420 e. The Balaban J connectivity index is 1.28. The number of rotatable bonds is 5. The second kappa shape index (κ2) is 7.58. The molecule has 1 aliphatic heterocycles. The molecule has 0 saturated carbocycles. The molecule has 29 heavy (non-hydrogen) atoms. The summed E-state index contributed by atoms with van der Waals surface area (Å²) in [7, 11) is 0. The number of pyridine rings is 1. The number of aromatic amines is 1. The summed E-state index contributed by atoms with van der Waals surface area (Å²) >= 11 is 7.34. The zero-order valence-corrected chi connectivity index (χ0v) is 16.8. The van der Waals surface area contributed by atoms with Gasteiger partial charge in [0, 0.05) is 42.1 Å². The number of fused-ring (bicyclic) bond motifs is 1. The van der Waals surface area contributed by atoms with E-state index in [4.69, 9.17) is 16.0 Å². The van der Waals surface area contributed by atoms with Gasteiger partial charge in [-0.05, 0) is 24.3 Å². The van der Waals surface area contributed by atoms with Crippen LogP contribution < -0.4 is 5.32 Å². The van der Waals surface area contributed by atoms with Gasteiger partial charge in [0.15, 0.2) is 0 Å². The fourth-order valence-corrected chi connectivity index (χ4v) is 4.44. The molecule has 0 bridgehead atoms. The van der Waals surface area contributed by atoms with Gasteiger partial charge in [0.25, 0.3) is 5.89 Å². The third-order valence-electron chi connectivity index (χ3n) is 4.85. The number of aromatic nitrogens is 4. The van der Waals surface area contributed by atoms with Crippen LogP contribution in [-0.4, -0.2) is 50.1 Å². The van der Waals surface area contributed by atoms with Crippen LogP contribution in [0.2, 0.25) is 4.34 Å². The quantitative estimate of drug-likeness (QED) is 0.507. The number of nitrogens with zero attached hydrogens (tertiary/aromatic N) is 4. The third kappa shape index (κ3) is 3.76. The number of thiophene rings is 1. The van der Waals surface area contributed by atoms with Crippen LogP contribution in [0.5, 0.6) is 0 Å². The lowest BCUT2D eigenvalue weighted by molar-refractivity contribution is -0.136. The minimum Gasteiger partial charge on any atom is -0.420 e. The summed E-state index contributed by atoms with van der Waals surface area (Å²) in [5.74, 6) is 0.865. The maximum Gasteiger partial charge on any atom is 0.257 e. The van der Waals surface area contributed by atoms with Crippen molar-refractivity contribution in [3.8, 4) is 10.8 Å². The van der Waals surface area contributed by atoms with Gasteiger partial charge in [-0.25, -0.2) is 0 Å². The Kier molecular flexibility index (Phi) is 4.78. The van der Waals surface area contributed by atoms with E-state index >= 15 is 0 Å². The highest BCUT2D eigenvalue weighted by Crippen LogP contribution is 2.30. The molecule has 1 fully saturated rings. The molecule has 8 nitrogen and oxygen atoms in total. The summed E-state index contributed by atoms with van der Waals surface area (Å²) in [6.07, 6.45) is 3.90. The van der Waals surface area contributed by atoms with Crippen molar-refractivity contribution in [2.45, 2.75) is 19.0 Å². The molecule has 1 saturated heterocycles. The Morgan fingerprint density at radius 1 is 1.31 bits per heavy atom. The molecule has 10 heteroatoms. The van der Waals surface area contributed by atoms with Crippen LogP contribution in [0, 0.1) is 0 Å². The molecule has 2 N–H and O–H groups in total. The van der Waals surface area contributed by atoms with Crippen molar-refractivity contribution in [1.29, 1.82) is 0 Å². The molecular formula is C19H17ClN6O2S. The number of carbonyl (C=O) groups excluding carboxylic acids is 1. The highest BCUT2D eigenvalue weighted by molar-refractivity contribution is 7.19. The Labute approximate surface area is 174 Å². The molecule has 4 aromatic rings. The molecule has 4 aromatic heterocycles. The van der Waals surface area contributed by atoms with Crippen LogP contribution in [0.15, 0.2) is 41.1 Å². The van der Waals surface area contributed by atoms with E-state index in [2.05, 4.69) is 25.5 Å². The number of nitrogens with one attached hydrogen (secondary N) is 2. The molecule has 5 rings (SSSR count). The lowest BCUT2D eigenvalue weighted by Gasteiger charge is -2.32. The Morgan fingerprint density at radius 3 is 3.07 bits per heavy atom. The second-order valence-corrected chi connectivity index (χ2v) is 8.55. The fraction of sp³-hybridized carbons (Fsp3) is 0.263. The van der Waals surface area contributed by atoms with E-state index in [9.17, 15) is 4.79 Å². The first-order valence-electron chi connectivity index (χ1n) is 9.17. The molecular weight excluding hydrogens is 412 g/mol. The lowest BCUT2D eigenvalue weighted by Crippen LogP contribution is -2.55. The van der Waals surface area contributed by atoms with E-state index in [-0.39, 0.29) is 5.91 Å². The van der Waals surface area contributed by atoms with Gasteiger partial charge >= 0.3 is 0 Å². The van der Waals surface area contributed by atoms with Crippen molar-refractivity contribution < 1.29 is 9.21 Å². The third-order valence-corrected chi connectivity index (χ3v) is 6.07. The molecule has 1 aliphatic rings. The van der Waals surface area contributed by atoms with Crippen LogP contribution in [-0.2, 0) is 17.8 Å². The summed E-state index contributed by atoms with van der Waals surface area (Å²) in [6, 6.07) is 7.19. The normalized spacial score (nSPS) is 17.3. The summed E-state index contributed by atoms with van der Waals surface area (Å²) < 4.78 is 6.39. The zero-order chi connectivity index (χ0) is 19.8. The van der Waals surface area contributed by atoms with Crippen LogP contribution in [0.1, 0.15) is 11.6 Å². The molecule has 148 valence electrons.